The molecule has 0 atom stereocenters. The molecule has 1 heterocycles. The molecular weight excluding hydrogens is 261 g/mol. The summed E-state index contributed by atoms with van der Waals surface area (Å²) in [4.78, 5) is 4.01. The number of halogens is 2. The molecule has 3 heteroatoms. The van der Waals surface area contributed by atoms with Gasteiger partial charge in [0.2, 0.25) is 0 Å². The maximum Gasteiger partial charge on any atom is 0.0484 e. The molecule has 0 saturated carbocycles. The van der Waals surface area contributed by atoms with E-state index in [2.05, 4.69) is 20.9 Å². The summed E-state index contributed by atoms with van der Waals surface area (Å²) in [6, 6.07) is 9.69. The van der Waals surface area contributed by atoms with Crippen LogP contribution in [0.5, 0.6) is 0 Å². The Morgan fingerprint density at radius 2 is 1.86 bits per heavy atom. The van der Waals surface area contributed by atoms with Gasteiger partial charge in [-0.2, -0.15) is 0 Å². The van der Waals surface area contributed by atoms with Crippen LogP contribution in [0.3, 0.4) is 0 Å². The summed E-state index contributed by atoms with van der Waals surface area (Å²) < 4.78 is 0.952. The molecule has 14 heavy (non-hydrogen) atoms. The normalized spacial score (nSPS) is 10.1. The molecule has 1 nitrogen and oxygen atoms in total. The third kappa shape index (κ3) is 1.81. The minimum Gasteiger partial charge on any atom is -0.264 e. The summed E-state index contributed by atoms with van der Waals surface area (Å²) in [7, 11) is 0. The number of rotatable bonds is 1. The van der Waals surface area contributed by atoms with Gasteiger partial charge < -0.3 is 0 Å². The molecule has 0 bridgehead atoms. The maximum absolute atomic E-state index is 6.09. The molecule has 0 fully saturated rings. The molecule has 1 aromatic carbocycles. The average molecular weight is 269 g/mol. The molecular formula is C11H7BrClN. The summed E-state index contributed by atoms with van der Waals surface area (Å²) in [6.07, 6.45) is 3.52. The molecule has 0 saturated heterocycles. The molecule has 0 aliphatic rings. The average Bonchev–Trinajstić information content (AvgIpc) is 2.20. The number of nitrogens with zero attached hydrogens (tertiary/aromatic N) is 1. The van der Waals surface area contributed by atoms with Crippen LogP contribution in [0, 0.1) is 0 Å². The van der Waals surface area contributed by atoms with Gasteiger partial charge in [-0.3, -0.25) is 4.98 Å². The molecule has 2 rings (SSSR count). The van der Waals surface area contributed by atoms with E-state index in [1.165, 1.54) is 0 Å². The van der Waals surface area contributed by atoms with Crippen molar-refractivity contribution in [2.45, 2.75) is 0 Å². The van der Waals surface area contributed by atoms with Crippen molar-refractivity contribution < 1.29 is 0 Å². The van der Waals surface area contributed by atoms with Crippen LogP contribution >= 0.6 is 27.5 Å². The van der Waals surface area contributed by atoms with Gasteiger partial charge in [-0.25, -0.2) is 0 Å². The van der Waals surface area contributed by atoms with E-state index in [1.807, 2.05) is 30.3 Å². The molecule has 0 unspecified atom stereocenters. The third-order valence-electron chi connectivity index (χ3n) is 1.94. The van der Waals surface area contributed by atoms with Crippen LogP contribution in [-0.4, -0.2) is 4.98 Å². The first-order valence-corrected chi connectivity index (χ1v) is 5.30. The van der Waals surface area contributed by atoms with E-state index < -0.39 is 0 Å². The highest BCUT2D eigenvalue weighted by molar-refractivity contribution is 9.10. The summed E-state index contributed by atoms with van der Waals surface area (Å²) in [6.45, 7) is 0. The second-order valence-corrected chi connectivity index (χ2v) is 4.10. The molecule has 0 aliphatic carbocycles. The summed E-state index contributed by atoms with van der Waals surface area (Å²) in [5, 5.41) is 0.749. The molecule has 1 aromatic heterocycles. The quantitative estimate of drug-likeness (QED) is 0.756. The lowest BCUT2D eigenvalue weighted by molar-refractivity contribution is 1.31. The second-order valence-electron chi connectivity index (χ2n) is 2.84. The van der Waals surface area contributed by atoms with E-state index >= 15 is 0 Å². The Morgan fingerprint density at radius 1 is 1.07 bits per heavy atom. The van der Waals surface area contributed by atoms with E-state index in [0.717, 1.165) is 20.6 Å². The Hall–Kier alpha value is -0.860. The number of pyridine rings is 1. The SMILES string of the molecule is Clc1ccccc1-c1ccncc1Br. The van der Waals surface area contributed by atoms with E-state index in [1.54, 1.807) is 12.4 Å². The van der Waals surface area contributed by atoms with Gasteiger partial charge in [0.15, 0.2) is 0 Å². The van der Waals surface area contributed by atoms with Crippen molar-refractivity contribution in [1.29, 1.82) is 0 Å². The molecule has 0 N–H and O–H groups in total. The fraction of sp³-hybridized carbons (Fsp3) is 0. The van der Waals surface area contributed by atoms with Crippen LogP contribution in [0.25, 0.3) is 11.1 Å². The first-order chi connectivity index (χ1) is 6.79. The van der Waals surface area contributed by atoms with E-state index in [0.29, 0.717) is 0 Å². The summed E-state index contributed by atoms with van der Waals surface area (Å²) >= 11 is 9.54. The lowest BCUT2D eigenvalue weighted by Gasteiger charge is -2.05. The Morgan fingerprint density at radius 3 is 2.57 bits per heavy atom. The summed E-state index contributed by atoms with van der Waals surface area (Å²) in [5.74, 6) is 0. The molecule has 70 valence electrons. The number of aromatic nitrogens is 1. The zero-order valence-corrected chi connectivity index (χ0v) is 9.59. The van der Waals surface area contributed by atoms with Crippen LogP contribution < -0.4 is 0 Å². The van der Waals surface area contributed by atoms with Gasteiger partial charge in [-0.1, -0.05) is 29.8 Å². The van der Waals surface area contributed by atoms with E-state index in [9.17, 15) is 0 Å². The predicted molar refractivity (Wildman–Crippen MR) is 62.4 cm³/mol. The van der Waals surface area contributed by atoms with Crippen LogP contribution in [0.2, 0.25) is 5.02 Å². The van der Waals surface area contributed by atoms with Crippen molar-refractivity contribution in [2.24, 2.45) is 0 Å². The minimum absolute atomic E-state index is 0.749. The number of hydrogen-bond donors (Lipinski definition) is 0. The van der Waals surface area contributed by atoms with Gasteiger partial charge in [0.1, 0.15) is 0 Å². The Labute approximate surface area is 95.9 Å². The molecule has 2 aromatic rings. The van der Waals surface area contributed by atoms with Crippen molar-refractivity contribution >= 4 is 27.5 Å². The predicted octanol–water partition coefficient (Wildman–Crippen LogP) is 4.16. The highest BCUT2D eigenvalue weighted by atomic mass is 79.9. The van der Waals surface area contributed by atoms with Crippen molar-refractivity contribution in [1.82, 2.24) is 4.98 Å². The fourth-order valence-electron chi connectivity index (χ4n) is 1.27. The molecule has 0 spiro atoms. The Bertz CT molecular complexity index is 413. The van der Waals surface area contributed by atoms with Crippen molar-refractivity contribution in [3.8, 4) is 11.1 Å². The van der Waals surface area contributed by atoms with Crippen LogP contribution in [0.1, 0.15) is 0 Å². The largest absolute Gasteiger partial charge is 0.264 e. The maximum atomic E-state index is 6.09. The first-order valence-electron chi connectivity index (χ1n) is 4.13. The zero-order valence-electron chi connectivity index (χ0n) is 7.24. The van der Waals surface area contributed by atoms with E-state index in [-0.39, 0.29) is 0 Å². The second kappa shape index (κ2) is 4.11. The van der Waals surface area contributed by atoms with Crippen molar-refractivity contribution in [3.63, 3.8) is 0 Å². The van der Waals surface area contributed by atoms with Crippen molar-refractivity contribution in [2.75, 3.05) is 0 Å². The van der Waals surface area contributed by atoms with Crippen LogP contribution in [0.4, 0.5) is 0 Å². The monoisotopic (exact) mass is 267 g/mol. The molecule has 0 amide bonds. The zero-order chi connectivity index (χ0) is 9.97. The standard InChI is InChI=1S/C11H7BrClN/c12-10-7-14-6-5-8(10)9-3-1-2-4-11(9)13/h1-7H. The lowest BCUT2D eigenvalue weighted by Crippen LogP contribution is -1.82. The van der Waals surface area contributed by atoms with E-state index in [4.69, 9.17) is 11.6 Å². The summed E-state index contributed by atoms with van der Waals surface area (Å²) in [5.41, 5.74) is 2.08. The van der Waals surface area contributed by atoms with Gasteiger partial charge >= 0.3 is 0 Å². The lowest BCUT2D eigenvalue weighted by atomic mass is 10.1. The van der Waals surface area contributed by atoms with Crippen LogP contribution in [0.15, 0.2) is 47.2 Å². The van der Waals surface area contributed by atoms with Gasteiger partial charge in [-0.05, 0) is 28.1 Å². The Balaban J connectivity index is 2.61. The van der Waals surface area contributed by atoms with Crippen LogP contribution in [-0.2, 0) is 0 Å². The first kappa shape index (κ1) is 9.69. The minimum atomic E-state index is 0.749. The van der Waals surface area contributed by atoms with Crippen molar-refractivity contribution in [3.05, 3.63) is 52.2 Å². The number of hydrogen-bond acceptors (Lipinski definition) is 1. The molecule has 0 aliphatic heterocycles. The van der Waals surface area contributed by atoms with Gasteiger partial charge in [-0.15, -0.1) is 0 Å². The van der Waals surface area contributed by atoms with Gasteiger partial charge in [0.05, 0.1) is 0 Å². The fourth-order valence-corrected chi connectivity index (χ4v) is 1.97. The topological polar surface area (TPSA) is 12.9 Å². The Kier molecular flexibility index (Phi) is 2.85. The smallest absolute Gasteiger partial charge is 0.0484 e. The number of benzene rings is 1. The van der Waals surface area contributed by atoms with Gasteiger partial charge in [0, 0.05) is 33.0 Å². The van der Waals surface area contributed by atoms with Gasteiger partial charge in [0.25, 0.3) is 0 Å². The highest BCUT2D eigenvalue weighted by Crippen LogP contribution is 2.32. The highest BCUT2D eigenvalue weighted by Gasteiger charge is 2.05. The third-order valence-corrected chi connectivity index (χ3v) is 2.90. The molecule has 0 radical (unpaired) electrons.